The summed E-state index contributed by atoms with van der Waals surface area (Å²) in [5.41, 5.74) is 1.00. The van der Waals surface area contributed by atoms with Crippen LogP contribution in [0.3, 0.4) is 0 Å². The number of aromatic nitrogens is 2. The molecular weight excluding hydrogens is 297 g/mol. The predicted molar refractivity (Wildman–Crippen MR) is 80.4 cm³/mol. The van der Waals surface area contributed by atoms with Crippen LogP contribution in [0.4, 0.5) is 0 Å². The highest BCUT2D eigenvalue weighted by molar-refractivity contribution is 6.42. The monoisotopic (exact) mass is 313 g/mol. The molecular formula is C14H17Cl2N3O. The van der Waals surface area contributed by atoms with Crippen LogP contribution in [0, 0.1) is 0 Å². The summed E-state index contributed by atoms with van der Waals surface area (Å²) in [5, 5.41) is 12.4. The van der Waals surface area contributed by atoms with Crippen molar-refractivity contribution < 1.29 is 4.42 Å². The lowest BCUT2D eigenvalue weighted by Crippen LogP contribution is -2.14. The van der Waals surface area contributed by atoms with Crippen LogP contribution in [0.25, 0.3) is 0 Å². The molecule has 1 heterocycles. The van der Waals surface area contributed by atoms with Crippen molar-refractivity contribution in [1.82, 2.24) is 15.5 Å². The molecule has 0 aliphatic heterocycles. The predicted octanol–water partition coefficient (Wildman–Crippen LogP) is 3.51. The van der Waals surface area contributed by atoms with Gasteiger partial charge in [-0.05, 0) is 37.2 Å². The number of nitrogens with one attached hydrogen (secondary N) is 1. The Kier molecular flexibility index (Phi) is 5.83. The molecule has 0 fully saturated rings. The topological polar surface area (TPSA) is 51.0 Å². The summed E-state index contributed by atoms with van der Waals surface area (Å²) in [6.07, 6.45) is 2.35. The average molecular weight is 314 g/mol. The molecule has 0 aliphatic rings. The van der Waals surface area contributed by atoms with E-state index in [1.165, 1.54) is 0 Å². The first kappa shape index (κ1) is 15.3. The van der Waals surface area contributed by atoms with Crippen LogP contribution in [-0.4, -0.2) is 23.3 Å². The van der Waals surface area contributed by atoms with Gasteiger partial charge >= 0.3 is 0 Å². The van der Waals surface area contributed by atoms with Gasteiger partial charge in [-0.2, -0.15) is 0 Å². The van der Waals surface area contributed by atoms with Crippen molar-refractivity contribution >= 4 is 23.2 Å². The van der Waals surface area contributed by atoms with E-state index in [1.807, 2.05) is 12.1 Å². The Morgan fingerprint density at radius 2 is 1.95 bits per heavy atom. The van der Waals surface area contributed by atoms with Gasteiger partial charge < -0.3 is 9.73 Å². The Morgan fingerprint density at radius 3 is 2.70 bits per heavy atom. The number of hydrogen-bond donors (Lipinski definition) is 1. The van der Waals surface area contributed by atoms with E-state index in [0.717, 1.165) is 31.5 Å². The van der Waals surface area contributed by atoms with Crippen molar-refractivity contribution in [2.45, 2.75) is 26.2 Å². The molecule has 108 valence electrons. The smallest absolute Gasteiger partial charge is 0.220 e. The molecule has 0 spiro atoms. The third kappa shape index (κ3) is 4.47. The summed E-state index contributed by atoms with van der Waals surface area (Å²) >= 11 is 11.9. The van der Waals surface area contributed by atoms with Crippen LogP contribution in [0.1, 0.15) is 30.7 Å². The standard InChI is InChI=1S/C14H17Cl2N3O/c1-2-17-7-3-4-13-18-19-14(20-13)9-10-5-6-11(15)12(16)8-10/h5-6,8,17H,2-4,7,9H2,1H3. The van der Waals surface area contributed by atoms with E-state index < -0.39 is 0 Å². The summed E-state index contributed by atoms with van der Waals surface area (Å²) in [7, 11) is 0. The van der Waals surface area contributed by atoms with E-state index in [0.29, 0.717) is 28.2 Å². The molecule has 0 amide bonds. The third-order valence-corrected chi connectivity index (χ3v) is 3.58. The van der Waals surface area contributed by atoms with Crippen LogP contribution in [0.15, 0.2) is 22.6 Å². The molecule has 20 heavy (non-hydrogen) atoms. The quantitative estimate of drug-likeness (QED) is 0.795. The number of rotatable bonds is 7. The molecule has 2 aromatic rings. The Hall–Kier alpha value is -1.10. The molecule has 0 bridgehead atoms. The largest absolute Gasteiger partial charge is 0.425 e. The number of hydrogen-bond acceptors (Lipinski definition) is 4. The summed E-state index contributed by atoms with van der Waals surface area (Å²) < 4.78 is 5.61. The van der Waals surface area contributed by atoms with Crippen LogP contribution in [0.5, 0.6) is 0 Å². The first-order chi connectivity index (χ1) is 9.69. The van der Waals surface area contributed by atoms with E-state index in [2.05, 4.69) is 22.4 Å². The second-order valence-electron chi connectivity index (χ2n) is 4.47. The van der Waals surface area contributed by atoms with Gasteiger partial charge in [-0.25, -0.2) is 0 Å². The average Bonchev–Trinajstić information content (AvgIpc) is 2.87. The first-order valence-corrected chi connectivity index (χ1v) is 7.40. The lowest BCUT2D eigenvalue weighted by molar-refractivity contribution is 0.449. The second-order valence-corrected chi connectivity index (χ2v) is 5.29. The van der Waals surface area contributed by atoms with Gasteiger partial charge in [0.15, 0.2) is 0 Å². The van der Waals surface area contributed by atoms with Crippen LogP contribution in [0.2, 0.25) is 10.0 Å². The van der Waals surface area contributed by atoms with Crippen molar-refractivity contribution in [3.63, 3.8) is 0 Å². The van der Waals surface area contributed by atoms with Gasteiger partial charge in [0.1, 0.15) is 0 Å². The van der Waals surface area contributed by atoms with Gasteiger partial charge in [-0.3, -0.25) is 0 Å². The highest BCUT2D eigenvalue weighted by Crippen LogP contribution is 2.23. The summed E-state index contributed by atoms with van der Waals surface area (Å²) in [5.74, 6) is 1.28. The number of nitrogens with zero attached hydrogens (tertiary/aromatic N) is 2. The van der Waals surface area contributed by atoms with Gasteiger partial charge in [0.2, 0.25) is 11.8 Å². The van der Waals surface area contributed by atoms with Gasteiger partial charge in [-0.1, -0.05) is 36.2 Å². The van der Waals surface area contributed by atoms with Gasteiger partial charge in [-0.15, -0.1) is 10.2 Å². The maximum absolute atomic E-state index is 5.98. The zero-order valence-corrected chi connectivity index (χ0v) is 12.8. The van der Waals surface area contributed by atoms with Gasteiger partial charge in [0, 0.05) is 6.42 Å². The normalized spacial score (nSPS) is 10.9. The summed E-state index contributed by atoms with van der Waals surface area (Å²) in [6.45, 7) is 4.02. The van der Waals surface area contributed by atoms with Crippen molar-refractivity contribution in [2.75, 3.05) is 13.1 Å². The lowest BCUT2D eigenvalue weighted by Gasteiger charge is -2.00. The molecule has 6 heteroatoms. The Morgan fingerprint density at radius 1 is 1.15 bits per heavy atom. The fourth-order valence-corrected chi connectivity index (χ4v) is 2.15. The SMILES string of the molecule is CCNCCCc1nnc(Cc2ccc(Cl)c(Cl)c2)o1. The number of halogens is 2. The van der Waals surface area contributed by atoms with Crippen molar-refractivity contribution in [3.05, 3.63) is 45.6 Å². The molecule has 0 aliphatic carbocycles. The molecule has 2 rings (SSSR count). The maximum Gasteiger partial charge on any atom is 0.220 e. The van der Waals surface area contributed by atoms with Crippen molar-refractivity contribution in [3.8, 4) is 0 Å². The van der Waals surface area contributed by atoms with Crippen molar-refractivity contribution in [1.29, 1.82) is 0 Å². The van der Waals surface area contributed by atoms with Crippen LogP contribution >= 0.6 is 23.2 Å². The Labute approximate surface area is 128 Å². The minimum atomic E-state index is 0.537. The molecule has 0 saturated carbocycles. The Bertz CT molecular complexity index is 557. The highest BCUT2D eigenvalue weighted by atomic mass is 35.5. The van der Waals surface area contributed by atoms with Crippen molar-refractivity contribution in [2.24, 2.45) is 0 Å². The number of benzene rings is 1. The van der Waals surface area contributed by atoms with E-state index >= 15 is 0 Å². The summed E-state index contributed by atoms with van der Waals surface area (Å²) in [4.78, 5) is 0. The second kappa shape index (κ2) is 7.62. The molecule has 1 aromatic carbocycles. The molecule has 4 nitrogen and oxygen atoms in total. The lowest BCUT2D eigenvalue weighted by atomic mass is 10.1. The van der Waals surface area contributed by atoms with Crippen LogP contribution in [-0.2, 0) is 12.8 Å². The highest BCUT2D eigenvalue weighted by Gasteiger charge is 2.08. The van der Waals surface area contributed by atoms with E-state index in [1.54, 1.807) is 6.07 Å². The fraction of sp³-hybridized carbons (Fsp3) is 0.429. The molecule has 0 atom stereocenters. The molecule has 0 saturated heterocycles. The first-order valence-electron chi connectivity index (χ1n) is 6.65. The van der Waals surface area contributed by atoms with E-state index in [4.69, 9.17) is 27.6 Å². The minimum absolute atomic E-state index is 0.537. The zero-order valence-electron chi connectivity index (χ0n) is 11.3. The van der Waals surface area contributed by atoms with E-state index in [9.17, 15) is 0 Å². The molecule has 0 radical (unpaired) electrons. The fourth-order valence-electron chi connectivity index (χ4n) is 1.83. The third-order valence-electron chi connectivity index (χ3n) is 2.84. The van der Waals surface area contributed by atoms with Crippen LogP contribution < -0.4 is 5.32 Å². The Balaban J connectivity index is 1.90. The molecule has 1 aromatic heterocycles. The summed E-state index contributed by atoms with van der Waals surface area (Å²) in [6, 6.07) is 5.50. The molecule has 0 unspecified atom stereocenters. The molecule has 1 N–H and O–H groups in total. The van der Waals surface area contributed by atoms with Gasteiger partial charge in [0.25, 0.3) is 0 Å². The van der Waals surface area contributed by atoms with E-state index in [-0.39, 0.29) is 0 Å². The minimum Gasteiger partial charge on any atom is -0.425 e. The number of aryl methyl sites for hydroxylation is 1. The van der Waals surface area contributed by atoms with Gasteiger partial charge in [0.05, 0.1) is 16.5 Å². The zero-order chi connectivity index (χ0) is 14.4. The maximum atomic E-state index is 5.98.